The second-order valence-electron chi connectivity index (χ2n) is 3.04. The van der Waals surface area contributed by atoms with E-state index in [0.29, 0.717) is 0 Å². The van der Waals surface area contributed by atoms with E-state index in [9.17, 15) is 10.2 Å². The summed E-state index contributed by atoms with van der Waals surface area (Å²) >= 11 is 0. The Balaban J connectivity index is 3.40. The SMILES string of the molecule is CCc1c(C)cc(C)c(O)c1O. The normalized spacial score (nSPS) is 10.2. The maximum absolute atomic E-state index is 9.51. The molecule has 66 valence electrons. The van der Waals surface area contributed by atoms with Crippen LogP contribution in [0.3, 0.4) is 0 Å². The van der Waals surface area contributed by atoms with Crippen LogP contribution in [0.5, 0.6) is 11.5 Å². The summed E-state index contributed by atoms with van der Waals surface area (Å²) in [5.41, 5.74) is 2.59. The van der Waals surface area contributed by atoms with E-state index in [4.69, 9.17) is 0 Å². The molecular formula is C10H14O2. The molecule has 2 nitrogen and oxygen atoms in total. The molecule has 1 aromatic carbocycles. The van der Waals surface area contributed by atoms with Crippen molar-refractivity contribution in [3.05, 3.63) is 22.8 Å². The highest BCUT2D eigenvalue weighted by atomic mass is 16.3. The van der Waals surface area contributed by atoms with Gasteiger partial charge in [0.25, 0.3) is 0 Å². The molecule has 0 saturated heterocycles. The van der Waals surface area contributed by atoms with Crippen LogP contribution < -0.4 is 0 Å². The monoisotopic (exact) mass is 166 g/mol. The molecule has 0 fully saturated rings. The summed E-state index contributed by atoms with van der Waals surface area (Å²) in [6.45, 7) is 5.67. The van der Waals surface area contributed by atoms with Gasteiger partial charge in [-0.3, -0.25) is 0 Å². The number of aromatic hydroxyl groups is 2. The van der Waals surface area contributed by atoms with Crippen molar-refractivity contribution in [1.29, 1.82) is 0 Å². The van der Waals surface area contributed by atoms with Gasteiger partial charge in [0.05, 0.1) is 0 Å². The van der Waals surface area contributed by atoms with Crippen LogP contribution in [0.25, 0.3) is 0 Å². The Hall–Kier alpha value is -1.18. The predicted molar refractivity (Wildman–Crippen MR) is 48.6 cm³/mol. The maximum Gasteiger partial charge on any atom is 0.161 e. The molecule has 0 radical (unpaired) electrons. The molecule has 0 saturated carbocycles. The van der Waals surface area contributed by atoms with Crippen LogP contribution in [0.4, 0.5) is 0 Å². The van der Waals surface area contributed by atoms with Gasteiger partial charge in [-0.1, -0.05) is 13.0 Å². The summed E-state index contributed by atoms with van der Waals surface area (Å²) in [6.07, 6.45) is 0.742. The van der Waals surface area contributed by atoms with Crippen molar-refractivity contribution in [2.24, 2.45) is 0 Å². The van der Waals surface area contributed by atoms with Gasteiger partial charge in [0.1, 0.15) is 0 Å². The minimum Gasteiger partial charge on any atom is -0.504 e. The minimum atomic E-state index is 0.0115. The quantitative estimate of drug-likeness (QED) is 0.628. The zero-order valence-corrected chi connectivity index (χ0v) is 7.68. The van der Waals surface area contributed by atoms with E-state index in [1.807, 2.05) is 19.9 Å². The number of hydrogen-bond acceptors (Lipinski definition) is 2. The van der Waals surface area contributed by atoms with E-state index in [0.717, 1.165) is 23.1 Å². The largest absolute Gasteiger partial charge is 0.504 e. The first-order valence-electron chi connectivity index (χ1n) is 4.09. The van der Waals surface area contributed by atoms with Crippen molar-refractivity contribution < 1.29 is 10.2 Å². The number of benzene rings is 1. The third-order valence-electron chi connectivity index (χ3n) is 2.15. The van der Waals surface area contributed by atoms with Gasteiger partial charge in [-0.15, -0.1) is 0 Å². The highest BCUT2D eigenvalue weighted by molar-refractivity contribution is 5.53. The minimum absolute atomic E-state index is 0.0115. The molecule has 0 spiro atoms. The van der Waals surface area contributed by atoms with E-state index >= 15 is 0 Å². The zero-order valence-electron chi connectivity index (χ0n) is 7.68. The zero-order chi connectivity index (χ0) is 9.30. The summed E-state index contributed by atoms with van der Waals surface area (Å²) in [4.78, 5) is 0. The van der Waals surface area contributed by atoms with E-state index < -0.39 is 0 Å². The first-order chi connectivity index (χ1) is 5.57. The fraction of sp³-hybridized carbons (Fsp3) is 0.400. The van der Waals surface area contributed by atoms with Gasteiger partial charge in [-0.25, -0.2) is 0 Å². The Kier molecular flexibility index (Phi) is 2.27. The Bertz CT molecular complexity index is 303. The van der Waals surface area contributed by atoms with E-state index in [1.165, 1.54) is 0 Å². The van der Waals surface area contributed by atoms with Gasteiger partial charge in [0.15, 0.2) is 11.5 Å². The topological polar surface area (TPSA) is 40.5 Å². The highest BCUT2D eigenvalue weighted by Crippen LogP contribution is 2.34. The van der Waals surface area contributed by atoms with Crippen molar-refractivity contribution in [1.82, 2.24) is 0 Å². The fourth-order valence-electron chi connectivity index (χ4n) is 1.44. The molecule has 0 atom stereocenters. The third-order valence-corrected chi connectivity index (χ3v) is 2.15. The van der Waals surface area contributed by atoms with Crippen molar-refractivity contribution in [2.45, 2.75) is 27.2 Å². The molecule has 12 heavy (non-hydrogen) atoms. The van der Waals surface area contributed by atoms with Gasteiger partial charge in [0, 0.05) is 5.56 Å². The average Bonchev–Trinajstić information content (AvgIpc) is 2.01. The predicted octanol–water partition coefficient (Wildman–Crippen LogP) is 2.28. The number of hydrogen-bond donors (Lipinski definition) is 2. The van der Waals surface area contributed by atoms with Gasteiger partial charge in [-0.2, -0.15) is 0 Å². The van der Waals surface area contributed by atoms with E-state index in [2.05, 4.69) is 0 Å². The molecule has 2 heteroatoms. The molecule has 0 bridgehead atoms. The Morgan fingerprint density at radius 3 is 2.17 bits per heavy atom. The standard InChI is InChI=1S/C10H14O2/c1-4-8-6(2)5-7(3)9(11)10(8)12/h5,11-12H,4H2,1-3H3. The third kappa shape index (κ3) is 1.24. The molecule has 1 rings (SSSR count). The lowest BCUT2D eigenvalue weighted by atomic mass is 10.0. The van der Waals surface area contributed by atoms with Crippen molar-refractivity contribution in [3.8, 4) is 11.5 Å². The summed E-state index contributed by atoms with van der Waals surface area (Å²) in [5, 5.41) is 18.9. The van der Waals surface area contributed by atoms with Gasteiger partial charge < -0.3 is 10.2 Å². The van der Waals surface area contributed by atoms with Crippen LogP contribution in [-0.4, -0.2) is 10.2 Å². The number of aryl methyl sites for hydroxylation is 2. The molecule has 1 aromatic rings. The second kappa shape index (κ2) is 3.05. The number of phenols is 2. The van der Waals surface area contributed by atoms with Crippen LogP contribution in [0.1, 0.15) is 23.6 Å². The summed E-state index contributed by atoms with van der Waals surface area (Å²) < 4.78 is 0. The first kappa shape index (κ1) is 8.91. The lowest BCUT2D eigenvalue weighted by molar-refractivity contribution is 0.396. The highest BCUT2D eigenvalue weighted by Gasteiger charge is 2.10. The molecule has 0 aliphatic carbocycles. The Morgan fingerprint density at radius 2 is 1.67 bits per heavy atom. The van der Waals surface area contributed by atoms with Gasteiger partial charge in [-0.05, 0) is 31.4 Å². The summed E-state index contributed by atoms with van der Waals surface area (Å²) in [7, 11) is 0. The average molecular weight is 166 g/mol. The summed E-state index contributed by atoms with van der Waals surface area (Å²) in [5.74, 6) is 0.0486. The van der Waals surface area contributed by atoms with Crippen LogP contribution in [0.2, 0.25) is 0 Å². The van der Waals surface area contributed by atoms with E-state index in [-0.39, 0.29) is 11.5 Å². The molecule has 0 amide bonds. The van der Waals surface area contributed by atoms with Crippen molar-refractivity contribution >= 4 is 0 Å². The molecule has 0 aromatic heterocycles. The van der Waals surface area contributed by atoms with Crippen molar-refractivity contribution in [3.63, 3.8) is 0 Å². The first-order valence-corrected chi connectivity index (χ1v) is 4.09. The van der Waals surface area contributed by atoms with Gasteiger partial charge in [0.2, 0.25) is 0 Å². The maximum atomic E-state index is 9.51. The lowest BCUT2D eigenvalue weighted by Crippen LogP contribution is -1.89. The smallest absolute Gasteiger partial charge is 0.161 e. The Labute approximate surface area is 72.5 Å². The van der Waals surface area contributed by atoms with Crippen LogP contribution in [-0.2, 0) is 6.42 Å². The molecule has 0 aliphatic rings. The van der Waals surface area contributed by atoms with Crippen LogP contribution in [0.15, 0.2) is 6.07 Å². The second-order valence-corrected chi connectivity index (χ2v) is 3.04. The molecule has 2 N–H and O–H groups in total. The number of rotatable bonds is 1. The fourth-order valence-corrected chi connectivity index (χ4v) is 1.44. The van der Waals surface area contributed by atoms with Gasteiger partial charge >= 0.3 is 0 Å². The van der Waals surface area contributed by atoms with Crippen LogP contribution >= 0.6 is 0 Å². The van der Waals surface area contributed by atoms with Crippen LogP contribution in [0, 0.1) is 13.8 Å². The molecule has 0 unspecified atom stereocenters. The summed E-state index contributed by atoms with van der Waals surface area (Å²) in [6, 6.07) is 1.88. The molecule has 0 aliphatic heterocycles. The van der Waals surface area contributed by atoms with E-state index in [1.54, 1.807) is 6.92 Å². The molecule has 0 heterocycles. The van der Waals surface area contributed by atoms with Crippen molar-refractivity contribution in [2.75, 3.05) is 0 Å². The number of phenolic OH excluding ortho intramolecular Hbond substituents is 2. The Morgan fingerprint density at radius 1 is 1.08 bits per heavy atom. The lowest BCUT2D eigenvalue weighted by Gasteiger charge is -2.09. The molecular weight excluding hydrogens is 152 g/mol.